The molecule has 2 nitrogen and oxygen atoms in total. The monoisotopic (exact) mass is 275 g/mol. The van der Waals surface area contributed by atoms with E-state index in [4.69, 9.17) is 22.1 Å². The second-order valence-electron chi connectivity index (χ2n) is 4.71. The van der Waals surface area contributed by atoms with Gasteiger partial charge in [0.15, 0.2) is 0 Å². The van der Waals surface area contributed by atoms with E-state index in [1.54, 1.807) is 0 Å². The van der Waals surface area contributed by atoms with Crippen LogP contribution in [0.4, 0.5) is 0 Å². The van der Waals surface area contributed by atoms with Crippen LogP contribution in [0.3, 0.4) is 0 Å². The first-order chi connectivity index (χ1) is 9.08. The molecule has 0 aliphatic carbocycles. The molecule has 3 heteroatoms. The minimum Gasteiger partial charge on any atom is -0.484 e. The van der Waals surface area contributed by atoms with Crippen LogP contribution in [0.5, 0.6) is 5.75 Å². The topological polar surface area (TPSA) is 35.2 Å². The Morgan fingerprint density at radius 2 is 1.68 bits per heavy atom. The van der Waals surface area contributed by atoms with Crippen molar-refractivity contribution in [2.45, 2.75) is 26.0 Å². The molecule has 0 radical (unpaired) electrons. The van der Waals surface area contributed by atoms with Crippen LogP contribution in [0, 0.1) is 6.92 Å². The summed E-state index contributed by atoms with van der Waals surface area (Å²) in [7, 11) is 0. The predicted molar refractivity (Wildman–Crippen MR) is 79.6 cm³/mol. The lowest BCUT2D eigenvalue weighted by Gasteiger charge is -2.24. The molecule has 0 bridgehead atoms. The number of ether oxygens (including phenoxy) is 1. The fraction of sp³-hybridized carbons (Fsp3) is 0.250. The van der Waals surface area contributed by atoms with Crippen molar-refractivity contribution >= 4 is 11.6 Å². The molecule has 0 saturated carbocycles. The molecule has 2 N–H and O–H groups in total. The zero-order chi connectivity index (χ0) is 13.8. The maximum atomic E-state index is 6.06. The molecule has 0 amide bonds. The van der Waals surface area contributed by atoms with Crippen molar-refractivity contribution in [3.05, 3.63) is 64.7 Å². The summed E-state index contributed by atoms with van der Waals surface area (Å²) in [6.45, 7) is 4.02. The third kappa shape index (κ3) is 3.49. The summed E-state index contributed by atoms with van der Waals surface area (Å²) in [5, 5.41) is 0.695. The van der Waals surface area contributed by atoms with Crippen LogP contribution in [0.1, 0.15) is 24.2 Å². The van der Waals surface area contributed by atoms with E-state index in [1.165, 1.54) is 5.56 Å². The average Bonchev–Trinajstić information content (AvgIpc) is 2.39. The first-order valence-corrected chi connectivity index (χ1v) is 6.69. The molecule has 0 aliphatic heterocycles. The second-order valence-corrected chi connectivity index (χ2v) is 5.14. The van der Waals surface area contributed by atoms with E-state index >= 15 is 0 Å². The first-order valence-electron chi connectivity index (χ1n) is 6.31. The largest absolute Gasteiger partial charge is 0.484 e. The summed E-state index contributed by atoms with van der Waals surface area (Å²) in [5.74, 6) is 0.773. The molecule has 0 fully saturated rings. The molecule has 2 atom stereocenters. The van der Waals surface area contributed by atoms with Crippen molar-refractivity contribution in [1.29, 1.82) is 0 Å². The standard InChI is InChI=1S/C16H18ClNO/c1-11-5-3-4-6-15(11)16(12(2)18)19-14-9-7-13(17)8-10-14/h3-10,12,16H,18H2,1-2H3. The van der Waals surface area contributed by atoms with Gasteiger partial charge in [0.1, 0.15) is 11.9 Å². The van der Waals surface area contributed by atoms with E-state index in [1.807, 2.05) is 43.3 Å². The van der Waals surface area contributed by atoms with Crippen molar-refractivity contribution < 1.29 is 4.74 Å². The summed E-state index contributed by atoms with van der Waals surface area (Å²) in [6.07, 6.45) is -0.164. The molecule has 0 saturated heterocycles. The van der Waals surface area contributed by atoms with Crippen LogP contribution in [-0.4, -0.2) is 6.04 Å². The molecule has 19 heavy (non-hydrogen) atoms. The van der Waals surface area contributed by atoms with Gasteiger partial charge in [0.2, 0.25) is 0 Å². The highest BCUT2D eigenvalue weighted by molar-refractivity contribution is 6.30. The smallest absolute Gasteiger partial charge is 0.139 e. The summed E-state index contributed by atoms with van der Waals surface area (Å²) in [4.78, 5) is 0. The second kappa shape index (κ2) is 6.09. The highest BCUT2D eigenvalue weighted by Crippen LogP contribution is 2.27. The van der Waals surface area contributed by atoms with Crippen LogP contribution < -0.4 is 10.5 Å². The first kappa shape index (κ1) is 13.9. The number of hydrogen-bond acceptors (Lipinski definition) is 2. The van der Waals surface area contributed by atoms with Gasteiger partial charge in [0.25, 0.3) is 0 Å². The number of benzene rings is 2. The highest BCUT2D eigenvalue weighted by Gasteiger charge is 2.19. The highest BCUT2D eigenvalue weighted by atomic mass is 35.5. The SMILES string of the molecule is Cc1ccccc1C(Oc1ccc(Cl)cc1)C(C)N. The van der Waals surface area contributed by atoms with Gasteiger partial charge in [-0.3, -0.25) is 0 Å². The van der Waals surface area contributed by atoms with Gasteiger partial charge in [-0.05, 0) is 49.2 Å². The molecule has 0 aliphatic rings. The summed E-state index contributed by atoms with van der Waals surface area (Å²) >= 11 is 5.87. The molecular formula is C16H18ClNO. The Labute approximate surface area is 119 Å². The van der Waals surface area contributed by atoms with E-state index in [0.29, 0.717) is 5.02 Å². The maximum absolute atomic E-state index is 6.06. The molecule has 2 unspecified atom stereocenters. The lowest BCUT2D eigenvalue weighted by molar-refractivity contribution is 0.180. The lowest BCUT2D eigenvalue weighted by Crippen LogP contribution is -2.29. The Morgan fingerprint density at radius 3 is 2.26 bits per heavy atom. The minimum absolute atomic E-state index is 0.100. The van der Waals surface area contributed by atoms with Gasteiger partial charge in [0, 0.05) is 11.1 Å². The molecule has 0 aromatic heterocycles. The zero-order valence-corrected chi connectivity index (χ0v) is 11.9. The molecule has 0 spiro atoms. The van der Waals surface area contributed by atoms with Crippen LogP contribution in [0.25, 0.3) is 0 Å². The van der Waals surface area contributed by atoms with Gasteiger partial charge < -0.3 is 10.5 Å². The Bertz CT molecular complexity index is 537. The normalized spacial score (nSPS) is 13.9. The maximum Gasteiger partial charge on any atom is 0.139 e. The Morgan fingerprint density at radius 1 is 1.05 bits per heavy atom. The molecule has 2 rings (SSSR count). The molecule has 2 aromatic carbocycles. The van der Waals surface area contributed by atoms with Gasteiger partial charge in [0.05, 0.1) is 0 Å². The van der Waals surface area contributed by atoms with Gasteiger partial charge in [-0.25, -0.2) is 0 Å². The quantitative estimate of drug-likeness (QED) is 0.911. The predicted octanol–water partition coefficient (Wildman–Crippen LogP) is 4.12. The van der Waals surface area contributed by atoms with Gasteiger partial charge in [-0.2, -0.15) is 0 Å². The van der Waals surface area contributed by atoms with Crippen molar-refractivity contribution in [3.8, 4) is 5.75 Å². The Hall–Kier alpha value is -1.51. The fourth-order valence-corrected chi connectivity index (χ4v) is 2.15. The van der Waals surface area contributed by atoms with E-state index < -0.39 is 0 Å². The van der Waals surface area contributed by atoms with Crippen molar-refractivity contribution in [3.63, 3.8) is 0 Å². The van der Waals surface area contributed by atoms with Crippen LogP contribution in [0.2, 0.25) is 5.02 Å². The van der Waals surface area contributed by atoms with Crippen molar-refractivity contribution in [1.82, 2.24) is 0 Å². The van der Waals surface area contributed by atoms with Gasteiger partial charge >= 0.3 is 0 Å². The van der Waals surface area contributed by atoms with Crippen molar-refractivity contribution in [2.75, 3.05) is 0 Å². The Balaban J connectivity index is 2.27. The van der Waals surface area contributed by atoms with Gasteiger partial charge in [-0.15, -0.1) is 0 Å². The Kier molecular flexibility index (Phi) is 4.46. The fourth-order valence-electron chi connectivity index (χ4n) is 2.02. The summed E-state index contributed by atoms with van der Waals surface area (Å²) < 4.78 is 6.01. The molecule has 0 heterocycles. The van der Waals surface area contributed by atoms with Gasteiger partial charge in [-0.1, -0.05) is 35.9 Å². The van der Waals surface area contributed by atoms with Crippen LogP contribution >= 0.6 is 11.6 Å². The van der Waals surface area contributed by atoms with E-state index in [2.05, 4.69) is 19.1 Å². The van der Waals surface area contributed by atoms with E-state index in [9.17, 15) is 0 Å². The van der Waals surface area contributed by atoms with E-state index in [-0.39, 0.29) is 12.1 Å². The number of halogens is 1. The van der Waals surface area contributed by atoms with Crippen LogP contribution in [0.15, 0.2) is 48.5 Å². The number of rotatable bonds is 4. The van der Waals surface area contributed by atoms with Crippen LogP contribution in [-0.2, 0) is 0 Å². The van der Waals surface area contributed by atoms with E-state index in [0.717, 1.165) is 11.3 Å². The third-order valence-electron chi connectivity index (χ3n) is 3.05. The molecular weight excluding hydrogens is 258 g/mol. The zero-order valence-electron chi connectivity index (χ0n) is 11.1. The number of hydrogen-bond donors (Lipinski definition) is 1. The third-order valence-corrected chi connectivity index (χ3v) is 3.30. The number of nitrogens with two attached hydrogens (primary N) is 1. The number of aryl methyl sites for hydroxylation is 1. The summed E-state index contributed by atoms with van der Waals surface area (Å²) in [5.41, 5.74) is 8.36. The molecule has 2 aromatic rings. The minimum atomic E-state index is -0.164. The van der Waals surface area contributed by atoms with Crippen molar-refractivity contribution in [2.24, 2.45) is 5.73 Å². The molecule has 100 valence electrons. The summed E-state index contributed by atoms with van der Waals surface area (Å²) in [6, 6.07) is 15.4. The lowest BCUT2D eigenvalue weighted by atomic mass is 9.99. The average molecular weight is 276 g/mol.